The normalized spacial score (nSPS) is 17.8. The molecule has 1 amide bonds. The third-order valence-corrected chi connectivity index (χ3v) is 6.68. The minimum absolute atomic E-state index is 0.0410. The van der Waals surface area contributed by atoms with Crippen LogP contribution in [-0.4, -0.2) is 77.0 Å². The lowest BCUT2D eigenvalue weighted by atomic mass is 9.95. The maximum atomic E-state index is 13.2. The summed E-state index contributed by atoms with van der Waals surface area (Å²) in [6.07, 6.45) is -3.38. The number of nitrogens with zero attached hydrogens (tertiary/aromatic N) is 7. The van der Waals surface area contributed by atoms with Crippen molar-refractivity contribution in [1.29, 1.82) is 0 Å². The molecular weight excluding hydrogens is 463 g/mol. The molecule has 2 aliphatic rings. The molecule has 0 spiro atoms. The van der Waals surface area contributed by atoms with E-state index in [1.165, 1.54) is 6.07 Å². The first-order valence-corrected chi connectivity index (χ1v) is 11.6. The highest BCUT2D eigenvalue weighted by atomic mass is 19.4. The fourth-order valence-electron chi connectivity index (χ4n) is 4.73. The second-order valence-electron chi connectivity index (χ2n) is 8.76. The van der Waals surface area contributed by atoms with Crippen molar-refractivity contribution in [1.82, 2.24) is 24.7 Å². The number of alkyl halides is 3. The van der Waals surface area contributed by atoms with Crippen molar-refractivity contribution >= 4 is 23.1 Å². The minimum atomic E-state index is -4.64. The summed E-state index contributed by atoms with van der Waals surface area (Å²) in [7, 11) is 1.64. The Kier molecular flexibility index (Phi) is 6.12. The van der Waals surface area contributed by atoms with E-state index in [1.807, 2.05) is 34.1 Å². The van der Waals surface area contributed by atoms with Gasteiger partial charge in [0.15, 0.2) is 5.65 Å². The van der Waals surface area contributed by atoms with E-state index in [0.29, 0.717) is 44.8 Å². The molecule has 5 rings (SSSR count). The molecule has 1 aromatic carbocycles. The maximum absolute atomic E-state index is 13.2. The molecule has 9 nitrogen and oxygen atoms in total. The highest BCUT2D eigenvalue weighted by molar-refractivity contribution is 5.79. The van der Waals surface area contributed by atoms with Gasteiger partial charge in [-0.1, -0.05) is 6.07 Å². The predicted molar refractivity (Wildman–Crippen MR) is 123 cm³/mol. The number of hydrogen-bond donors (Lipinski definition) is 0. The summed E-state index contributed by atoms with van der Waals surface area (Å²) < 4.78 is 45.5. The number of amides is 1. The third-order valence-electron chi connectivity index (χ3n) is 6.68. The Bertz CT molecular complexity index is 1200. The molecule has 0 unspecified atom stereocenters. The van der Waals surface area contributed by atoms with Crippen LogP contribution in [0.4, 0.5) is 24.7 Å². The lowest BCUT2D eigenvalue weighted by molar-refractivity contribution is -0.146. The number of hydrogen-bond acceptors (Lipinski definition) is 7. The second kappa shape index (κ2) is 9.23. The standard InChI is InChI=1S/C23H26F3N7O2/c1-35-18-4-2-3-17(15-18)30-11-13-32(14-12-30)21(34)16-7-9-31(10-8-16)20-6-5-19-27-28-22(23(24,25)26)33(19)29-20/h2-6,15-16H,7-14H2,1H3. The summed E-state index contributed by atoms with van der Waals surface area (Å²) in [4.78, 5) is 19.2. The molecule has 4 heterocycles. The lowest BCUT2D eigenvalue weighted by Gasteiger charge is -2.39. The SMILES string of the molecule is COc1cccc(N2CCN(C(=O)C3CCN(c4ccc5nnc(C(F)(F)F)n5n4)CC3)CC2)c1. The van der Waals surface area contributed by atoms with E-state index in [-0.39, 0.29) is 17.5 Å². The van der Waals surface area contributed by atoms with Crippen LogP contribution in [0.15, 0.2) is 36.4 Å². The van der Waals surface area contributed by atoms with Gasteiger partial charge >= 0.3 is 6.18 Å². The number of carbonyl (C=O) groups is 1. The number of fused-ring (bicyclic) bond motifs is 1. The van der Waals surface area contributed by atoms with Crippen LogP contribution in [0.2, 0.25) is 0 Å². The topological polar surface area (TPSA) is 79.1 Å². The Labute approximate surface area is 200 Å². The summed E-state index contributed by atoms with van der Waals surface area (Å²) in [6, 6.07) is 11.0. The molecule has 0 bridgehead atoms. The van der Waals surface area contributed by atoms with E-state index < -0.39 is 12.0 Å². The number of methoxy groups -OCH3 is 1. The summed E-state index contributed by atoms with van der Waals surface area (Å²) in [5.74, 6) is 0.129. The smallest absolute Gasteiger partial charge is 0.453 e. The van der Waals surface area contributed by atoms with Gasteiger partial charge in [-0.3, -0.25) is 4.79 Å². The van der Waals surface area contributed by atoms with E-state index >= 15 is 0 Å². The van der Waals surface area contributed by atoms with Gasteiger partial charge in [0.1, 0.15) is 11.6 Å². The van der Waals surface area contributed by atoms with Gasteiger partial charge in [-0.25, -0.2) is 0 Å². The van der Waals surface area contributed by atoms with Crippen LogP contribution >= 0.6 is 0 Å². The number of halogens is 3. The van der Waals surface area contributed by atoms with E-state index in [1.54, 1.807) is 13.2 Å². The van der Waals surface area contributed by atoms with Gasteiger partial charge in [0.25, 0.3) is 5.82 Å². The fourth-order valence-corrected chi connectivity index (χ4v) is 4.73. The molecule has 2 fully saturated rings. The molecule has 2 aromatic heterocycles. The van der Waals surface area contributed by atoms with E-state index in [4.69, 9.17) is 4.74 Å². The molecule has 35 heavy (non-hydrogen) atoms. The van der Waals surface area contributed by atoms with Gasteiger partial charge in [0, 0.05) is 56.9 Å². The Hall–Kier alpha value is -3.57. The van der Waals surface area contributed by atoms with Crippen molar-refractivity contribution in [3.05, 3.63) is 42.2 Å². The van der Waals surface area contributed by atoms with Crippen molar-refractivity contribution in [3.63, 3.8) is 0 Å². The second-order valence-corrected chi connectivity index (χ2v) is 8.76. The number of benzene rings is 1. The highest BCUT2D eigenvalue weighted by Gasteiger charge is 2.38. The number of aromatic nitrogens is 4. The molecule has 0 atom stereocenters. The number of ether oxygens (including phenoxy) is 1. The van der Waals surface area contributed by atoms with Crippen molar-refractivity contribution in [3.8, 4) is 5.75 Å². The van der Waals surface area contributed by atoms with Crippen molar-refractivity contribution in [2.75, 3.05) is 56.2 Å². The van der Waals surface area contributed by atoms with Crippen LogP contribution in [0, 0.1) is 5.92 Å². The molecule has 12 heteroatoms. The minimum Gasteiger partial charge on any atom is -0.497 e. The van der Waals surface area contributed by atoms with Crippen LogP contribution in [-0.2, 0) is 11.0 Å². The Morgan fingerprint density at radius 2 is 1.71 bits per heavy atom. The van der Waals surface area contributed by atoms with Crippen LogP contribution in [0.25, 0.3) is 5.65 Å². The van der Waals surface area contributed by atoms with Gasteiger partial charge in [-0.05, 0) is 37.1 Å². The zero-order chi connectivity index (χ0) is 24.6. The van der Waals surface area contributed by atoms with Crippen LogP contribution < -0.4 is 14.5 Å². The molecular formula is C23H26F3N7O2. The number of rotatable bonds is 4. The van der Waals surface area contributed by atoms with Gasteiger partial charge in [0.2, 0.25) is 5.91 Å². The first-order valence-electron chi connectivity index (χ1n) is 11.6. The molecule has 186 valence electrons. The predicted octanol–water partition coefficient (Wildman–Crippen LogP) is 2.72. The van der Waals surface area contributed by atoms with Crippen LogP contribution in [0.3, 0.4) is 0 Å². The molecule has 3 aromatic rings. The third kappa shape index (κ3) is 4.69. The molecule has 0 N–H and O–H groups in total. The first kappa shape index (κ1) is 23.2. The van der Waals surface area contributed by atoms with Crippen LogP contribution in [0.5, 0.6) is 5.75 Å². The molecule has 2 saturated heterocycles. The lowest BCUT2D eigenvalue weighted by Crippen LogP contribution is -2.51. The maximum Gasteiger partial charge on any atom is 0.453 e. The van der Waals surface area contributed by atoms with E-state index in [0.717, 1.165) is 29.0 Å². The summed E-state index contributed by atoms with van der Waals surface area (Å²) >= 11 is 0. The summed E-state index contributed by atoms with van der Waals surface area (Å²) in [5.41, 5.74) is 1.12. The summed E-state index contributed by atoms with van der Waals surface area (Å²) in [5, 5.41) is 10.9. The largest absolute Gasteiger partial charge is 0.497 e. The zero-order valence-corrected chi connectivity index (χ0v) is 19.3. The average molecular weight is 490 g/mol. The molecule has 0 aliphatic carbocycles. The fraction of sp³-hybridized carbons (Fsp3) is 0.478. The van der Waals surface area contributed by atoms with E-state index in [9.17, 15) is 18.0 Å². The van der Waals surface area contributed by atoms with Gasteiger partial charge in [-0.15, -0.1) is 15.3 Å². The highest BCUT2D eigenvalue weighted by Crippen LogP contribution is 2.29. The van der Waals surface area contributed by atoms with Gasteiger partial charge in [-0.2, -0.15) is 17.7 Å². The molecule has 2 aliphatic heterocycles. The number of piperazine rings is 1. The Morgan fingerprint density at radius 3 is 2.40 bits per heavy atom. The van der Waals surface area contributed by atoms with E-state index in [2.05, 4.69) is 20.2 Å². The molecule has 0 saturated carbocycles. The number of carbonyl (C=O) groups excluding carboxylic acids is 1. The quantitative estimate of drug-likeness (QED) is 0.558. The molecule has 0 radical (unpaired) electrons. The number of anilines is 2. The van der Waals surface area contributed by atoms with Crippen molar-refractivity contribution in [2.45, 2.75) is 19.0 Å². The summed E-state index contributed by atoms with van der Waals surface area (Å²) in [6.45, 7) is 3.90. The number of piperidine rings is 1. The average Bonchev–Trinajstić information content (AvgIpc) is 3.33. The Morgan fingerprint density at radius 1 is 0.971 bits per heavy atom. The Balaban J connectivity index is 1.17. The van der Waals surface area contributed by atoms with Crippen molar-refractivity contribution in [2.24, 2.45) is 5.92 Å². The van der Waals surface area contributed by atoms with Gasteiger partial charge in [0.05, 0.1) is 7.11 Å². The van der Waals surface area contributed by atoms with Crippen molar-refractivity contribution < 1.29 is 22.7 Å². The first-order chi connectivity index (χ1) is 16.8. The van der Waals surface area contributed by atoms with Gasteiger partial charge < -0.3 is 19.4 Å². The van der Waals surface area contributed by atoms with Crippen LogP contribution in [0.1, 0.15) is 18.7 Å². The monoisotopic (exact) mass is 489 g/mol. The zero-order valence-electron chi connectivity index (χ0n) is 19.3.